The Labute approximate surface area is 141 Å². The van der Waals surface area contributed by atoms with Crippen molar-refractivity contribution < 1.29 is 29.3 Å². The maximum atomic E-state index is 12.3. The first-order valence-electron chi connectivity index (χ1n) is 8.84. The van der Waals surface area contributed by atoms with E-state index < -0.39 is 24.3 Å². The summed E-state index contributed by atoms with van der Waals surface area (Å²) < 4.78 is 5.50. The fourth-order valence-corrected chi connectivity index (χ4v) is 3.82. The number of ether oxygens (including phenoxy) is 1. The van der Waals surface area contributed by atoms with Gasteiger partial charge in [-0.1, -0.05) is 19.3 Å². The highest BCUT2D eigenvalue weighted by Crippen LogP contribution is 2.36. The van der Waals surface area contributed by atoms with Gasteiger partial charge in [0.15, 0.2) is 0 Å². The van der Waals surface area contributed by atoms with E-state index in [9.17, 15) is 19.5 Å². The van der Waals surface area contributed by atoms with E-state index in [2.05, 4.69) is 0 Å². The lowest BCUT2D eigenvalue weighted by atomic mass is 9.88. The molecule has 2 saturated carbocycles. The van der Waals surface area contributed by atoms with Crippen LogP contribution in [0.3, 0.4) is 0 Å². The van der Waals surface area contributed by atoms with E-state index in [1.807, 2.05) is 0 Å². The van der Waals surface area contributed by atoms with Gasteiger partial charge in [-0.15, -0.1) is 0 Å². The topological polar surface area (TPSA) is 101 Å². The van der Waals surface area contributed by atoms with Gasteiger partial charge >= 0.3 is 17.9 Å². The monoisotopic (exact) mass is 338 g/mol. The second-order valence-corrected chi connectivity index (χ2v) is 6.79. The van der Waals surface area contributed by atoms with Crippen LogP contribution < -0.4 is 0 Å². The molecule has 0 saturated heterocycles. The molecule has 2 rings (SSSR count). The highest BCUT2D eigenvalue weighted by Gasteiger charge is 2.29. The molecule has 2 N–H and O–H groups in total. The van der Waals surface area contributed by atoms with Crippen LogP contribution in [0.4, 0.5) is 0 Å². The molecule has 6 nitrogen and oxygen atoms in total. The molecule has 0 amide bonds. The molecule has 0 aromatic heterocycles. The summed E-state index contributed by atoms with van der Waals surface area (Å²) >= 11 is 0. The van der Waals surface area contributed by atoms with Crippen molar-refractivity contribution in [3.8, 4) is 0 Å². The fraction of sp³-hybridized carbons (Fsp3) is 0.722. The second kappa shape index (κ2) is 8.85. The molecule has 0 heterocycles. The van der Waals surface area contributed by atoms with E-state index in [0.717, 1.165) is 57.8 Å². The molecule has 134 valence electrons. The Morgan fingerprint density at radius 3 is 1.96 bits per heavy atom. The standard InChI is InChI=1S/C18H26O6/c19-16(20)10-15(18(22)23)14(12-6-4-5-7-12)11-17(21)24-13-8-2-1-3-9-13/h12-13H,1-11H2,(H,19,20)(H,22,23). The maximum absolute atomic E-state index is 12.3. The summed E-state index contributed by atoms with van der Waals surface area (Å²) in [6.45, 7) is 0. The van der Waals surface area contributed by atoms with E-state index in [0.29, 0.717) is 5.57 Å². The highest BCUT2D eigenvalue weighted by molar-refractivity contribution is 5.94. The molecule has 0 bridgehead atoms. The van der Waals surface area contributed by atoms with Gasteiger partial charge in [-0.25, -0.2) is 4.79 Å². The molecule has 0 radical (unpaired) electrons. The molecular weight excluding hydrogens is 312 g/mol. The van der Waals surface area contributed by atoms with Crippen molar-refractivity contribution in [1.82, 2.24) is 0 Å². The SMILES string of the molecule is O=C(O)CC(C(=O)O)=C(CC(=O)OC1CCCCC1)C1CCCC1. The minimum Gasteiger partial charge on any atom is -0.481 e. The molecule has 2 fully saturated rings. The van der Waals surface area contributed by atoms with Crippen LogP contribution >= 0.6 is 0 Å². The molecule has 0 aromatic rings. The Morgan fingerprint density at radius 1 is 0.833 bits per heavy atom. The van der Waals surface area contributed by atoms with Crippen molar-refractivity contribution >= 4 is 17.9 Å². The number of rotatable bonds is 7. The molecule has 24 heavy (non-hydrogen) atoms. The van der Waals surface area contributed by atoms with E-state index in [4.69, 9.17) is 9.84 Å². The van der Waals surface area contributed by atoms with Crippen molar-refractivity contribution in [2.45, 2.75) is 76.7 Å². The Balaban J connectivity index is 2.13. The molecule has 0 spiro atoms. The van der Waals surface area contributed by atoms with Crippen LogP contribution in [0.5, 0.6) is 0 Å². The normalized spacial score (nSPS) is 20.5. The number of hydrogen-bond donors (Lipinski definition) is 2. The Kier molecular flexibility index (Phi) is 6.82. The van der Waals surface area contributed by atoms with E-state index >= 15 is 0 Å². The largest absolute Gasteiger partial charge is 0.481 e. The molecule has 0 aromatic carbocycles. The molecule has 2 aliphatic carbocycles. The van der Waals surface area contributed by atoms with Gasteiger partial charge in [-0.2, -0.15) is 0 Å². The lowest BCUT2D eigenvalue weighted by molar-refractivity contribution is -0.149. The van der Waals surface area contributed by atoms with Crippen LogP contribution in [0, 0.1) is 5.92 Å². The van der Waals surface area contributed by atoms with Crippen molar-refractivity contribution in [3.05, 3.63) is 11.1 Å². The molecule has 0 atom stereocenters. The smallest absolute Gasteiger partial charge is 0.332 e. The van der Waals surface area contributed by atoms with Crippen LogP contribution in [-0.4, -0.2) is 34.2 Å². The zero-order valence-electron chi connectivity index (χ0n) is 14.0. The Hall–Kier alpha value is -1.85. The van der Waals surface area contributed by atoms with Gasteiger partial charge in [0, 0.05) is 5.57 Å². The Bertz CT molecular complexity index is 510. The van der Waals surface area contributed by atoms with Crippen LogP contribution in [0.25, 0.3) is 0 Å². The summed E-state index contributed by atoms with van der Waals surface area (Å²) in [5, 5.41) is 18.4. The number of carbonyl (C=O) groups is 3. The number of carboxylic acids is 2. The zero-order valence-corrected chi connectivity index (χ0v) is 14.0. The average Bonchev–Trinajstić information content (AvgIpc) is 3.05. The minimum absolute atomic E-state index is 0.0191. The average molecular weight is 338 g/mol. The summed E-state index contributed by atoms with van der Waals surface area (Å²) in [6.07, 6.45) is 7.79. The van der Waals surface area contributed by atoms with Crippen LogP contribution in [0.15, 0.2) is 11.1 Å². The van der Waals surface area contributed by atoms with E-state index in [1.165, 1.54) is 0 Å². The third-order valence-electron chi connectivity index (χ3n) is 5.01. The number of carboxylic acid groups (broad SMARTS) is 2. The summed E-state index contributed by atoms with van der Waals surface area (Å²) in [6, 6.07) is 0. The second-order valence-electron chi connectivity index (χ2n) is 6.79. The molecule has 0 unspecified atom stereocenters. The third kappa shape index (κ3) is 5.35. The summed E-state index contributed by atoms with van der Waals surface area (Å²) in [4.78, 5) is 34.8. The van der Waals surface area contributed by atoms with Gasteiger partial charge in [0.25, 0.3) is 0 Å². The number of aliphatic carboxylic acids is 2. The van der Waals surface area contributed by atoms with Crippen molar-refractivity contribution in [2.24, 2.45) is 5.92 Å². The number of esters is 1. The van der Waals surface area contributed by atoms with Gasteiger partial charge in [0.1, 0.15) is 6.10 Å². The van der Waals surface area contributed by atoms with Gasteiger partial charge < -0.3 is 14.9 Å². The lowest BCUT2D eigenvalue weighted by Gasteiger charge is -2.23. The minimum atomic E-state index is -1.25. The molecule has 6 heteroatoms. The van der Waals surface area contributed by atoms with Crippen LogP contribution in [-0.2, 0) is 19.1 Å². The van der Waals surface area contributed by atoms with Crippen molar-refractivity contribution in [3.63, 3.8) is 0 Å². The van der Waals surface area contributed by atoms with E-state index in [1.54, 1.807) is 0 Å². The molecule has 0 aliphatic heterocycles. The summed E-state index contributed by atoms with van der Waals surface area (Å²) in [7, 11) is 0. The van der Waals surface area contributed by atoms with Gasteiger partial charge in [0.2, 0.25) is 0 Å². The quantitative estimate of drug-likeness (QED) is 0.545. The first-order chi connectivity index (χ1) is 11.5. The van der Waals surface area contributed by atoms with Crippen molar-refractivity contribution in [2.75, 3.05) is 0 Å². The predicted octanol–water partition coefficient (Wildman–Crippen LogP) is 3.30. The van der Waals surface area contributed by atoms with Crippen molar-refractivity contribution in [1.29, 1.82) is 0 Å². The Morgan fingerprint density at radius 2 is 1.42 bits per heavy atom. The predicted molar refractivity (Wildman–Crippen MR) is 86.5 cm³/mol. The lowest BCUT2D eigenvalue weighted by Crippen LogP contribution is -2.23. The van der Waals surface area contributed by atoms with Gasteiger partial charge in [-0.05, 0) is 50.0 Å². The van der Waals surface area contributed by atoms with Gasteiger partial charge in [-0.3, -0.25) is 9.59 Å². The summed E-state index contributed by atoms with van der Waals surface area (Å²) in [5.41, 5.74) is 0.318. The first-order valence-corrected chi connectivity index (χ1v) is 8.84. The molecule has 2 aliphatic rings. The van der Waals surface area contributed by atoms with Crippen LogP contribution in [0.1, 0.15) is 70.6 Å². The zero-order chi connectivity index (χ0) is 17.5. The first kappa shape index (κ1) is 18.5. The number of carbonyl (C=O) groups excluding carboxylic acids is 1. The number of hydrogen-bond acceptors (Lipinski definition) is 4. The van der Waals surface area contributed by atoms with E-state index in [-0.39, 0.29) is 24.0 Å². The third-order valence-corrected chi connectivity index (χ3v) is 5.01. The molecular formula is C18H26O6. The maximum Gasteiger partial charge on any atom is 0.332 e. The highest BCUT2D eigenvalue weighted by atomic mass is 16.5. The summed E-state index contributed by atoms with van der Waals surface area (Å²) in [5.74, 6) is -2.88. The fourth-order valence-electron chi connectivity index (χ4n) is 3.82. The van der Waals surface area contributed by atoms with Crippen LogP contribution in [0.2, 0.25) is 0 Å². The van der Waals surface area contributed by atoms with Gasteiger partial charge in [0.05, 0.1) is 12.8 Å².